The van der Waals surface area contributed by atoms with Gasteiger partial charge in [0.2, 0.25) is 0 Å². The first-order valence-electron chi connectivity index (χ1n) is 5.32. The number of aromatic nitrogens is 2. The van der Waals surface area contributed by atoms with Crippen LogP contribution in [0.3, 0.4) is 0 Å². The summed E-state index contributed by atoms with van der Waals surface area (Å²) in [5.41, 5.74) is 0. The lowest BCUT2D eigenvalue weighted by Gasteiger charge is -1.98. The summed E-state index contributed by atoms with van der Waals surface area (Å²) in [5.74, 6) is 6.68. The first kappa shape index (κ1) is 15.2. The third kappa shape index (κ3) is 3.37. The molecule has 18 heavy (non-hydrogen) atoms. The second-order valence-electron chi connectivity index (χ2n) is 3.62. The molecule has 0 aliphatic carbocycles. The minimum absolute atomic E-state index is 1.06. The van der Waals surface area contributed by atoms with Crippen LogP contribution >= 0.6 is 0 Å². The molecule has 1 aromatic heterocycles. The fourth-order valence-corrected chi connectivity index (χ4v) is 1.11. The molecular weight excluding hydrogens is 227 g/mol. The highest BCUT2D eigenvalue weighted by Crippen LogP contribution is 1.92. The molecule has 0 saturated carbocycles. The SMILES string of the molecule is CCn1cc[n+](C)c1C.N#C[B-](C#N)(C#N)C#N. The molecule has 6 nitrogen and oxygen atoms in total. The number of hydrogen-bond donors (Lipinski definition) is 0. The summed E-state index contributed by atoms with van der Waals surface area (Å²) >= 11 is 0. The molecule has 1 rings (SSSR count). The summed E-state index contributed by atoms with van der Waals surface area (Å²) in [6.07, 6.45) is 1.44. The Hall–Kier alpha value is -2.77. The Morgan fingerprint density at radius 3 is 1.72 bits per heavy atom. The Morgan fingerprint density at radius 1 is 1.17 bits per heavy atom. The average molecular weight is 240 g/mol. The largest absolute Gasteiger partial charge is 0.383 e. The molecule has 0 aromatic carbocycles. The van der Waals surface area contributed by atoms with Gasteiger partial charge >= 0.3 is 6.15 Å². The Kier molecular flexibility index (Phi) is 5.70. The lowest BCUT2D eigenvalue weighted by atomic mass is 9.30. The Balaban J connectivity index is 0.000000321. The van der Waals surface area contributed by atoms with E-state index in [1.165, 1.54) is 29.7 Å². The number of rotatable bonds is 1. The molecule has 1 heterocycles. The first-order valence-corrected chi connectivity index (χ1v) is 5.32. The second-order valence-corrected chi connectivity index (χ2v) is 3.62. The molecule has 0 atom stereocenters. The van der Waals surface area contributed by atoms with Crippen molar-refractivity contribution in [1.29, 1.82) is 21.0 Å². The van der Waals surface area contributed by atoms with Gasteiger partial charge < -0.3 is 0 Å². The number of nitriles is 4. The smallest absolute Gasteiger partial charge is 0.245 e. The highest BCUT2D eigenvalue weighted by Gasteiger charge is 2.22. The van der Waals surface area contributed by atoms with Crippen LogP contribution in [0.2, 0.25) is 0 Å². The van der Waals surface area contributed by atoms with E-state index in [1.807, 2.05) is 0 Å². The van der Waals surface area contributed by atoms with Crippen LogP contribution in [-0.4, -0.2) is 10.7 Å². The van der Waals surface area contributed by atoms with Gasteiger partial charge in [0.1, 0.15) is 12.4 Å². The van der Waals surface area contributed by atoms with Gasteiger partial charge in [-0.2, -0.15) is 0 Å². The molecule has 0 amide bonds. The van der Waals surface area contributed by atoms with Gasteiger partial charge in [-0.3, -0.25) is 0 Å². The highest BCUT2D eigenvalue weighted by molar-refractivity contribution is 7.05. The normalized spacial score (nSPS) is 8.83. The molecule has 0 saturated heterocycles. The first-order chi connectivity index (χ1) is 8.50. The quantitative estimate of drug-likeness (QED) is 0.520. The molecule has 0 aliphatic rings. The molecule has 90 valence electrons. The minimum Gasteiger partial charge on any atom is -0.245 e. The van der Waals surface area contributed by atoms with E-state index in [0.29, 0.717) is 0 Å². The van der Waals surface area contributed by atoms with Crippen molar-refractivity contribution in [2.75, 3.05) is 0 Å². The lowest BCUT2D eigenvalue weighted by Crippen LogP contribution is -2.29. The third-order valence-electron chi connectivity index (χ3n) is 2.51. The molecule has 0 bridgehead atoms. The average Bonchev–Trinajstić information content (AvgIpc) is 2.74. The maximum Gasteiger partial charge on any atom is 0.383 e. The predicted octanol–water partition coefficient (Wildman–Crippen LogP) is 0.327. The molecule has 1 aromatic rings. The van der Waals surface area contributed by atoms with Gasteiger partial charge in [0, 0.05) is 6.92 Å². The molecule has 0 spiro atoms. The maximum atomic E-state index is 8.09. The van der Waals surface area contributed by atoms with E-state index in [4.69, 9.17) is 21.0 Å². The summed E-state index contributed by atoms with van der Waals surface area (Å²) in [6.45, 7) is 5.32. The summed E-state index contributed by atoms with van der Waals surface area (Å²) < 4.78 is 4.32. The van der Waals surface area contributed by atoms with Crippen molar-refractivity contribution in [2.24, 2.45) is 7.05 Å². The zero-order valence-electron chi connectivity index (χ0n) is 10.6. The van der Waals surface area contributed by atoms with Crippen LogP contribution in [-0.2, 0) is 13.6 Å². The van der Waals surface area contributed by atoms with Crippen LogP contribution in [0.15, 0.2) is 12.4 Å². The van der Waals surface area contributed by atoms with Crippen molar-refractivity contribution in [2.45, 2.75) is 20.4 Å². The van der Waals surface area contributed by atoms with Gasteiger partial charge in [0.25, 0.3) is 5.82 Å². The van der Waals surface area contributed by atoms with Crippen molar-refractivity contribution < 1.29 is 4.57 Å². The number of hydrogen-bond acceptors (Lipinski definition) is 4. The van der Waals surface area contributed by atoms with Crippen LogP contribution in [0.4, 0.5) is 0 Å². The van der Waals surface area contributed by atoms with Gasteiger partial charge in [-0.05, 0) is 6.92 Å². The number of nitrogens with zero attached hydrogens (tertiary/aromatic N) is 6. The highest BCUT2D eigenvalue weighted by atomic mass is 15.1. The maximum absolute atomic E-state index is 8.09. The Morgan fingerprint density at radius 2 is 1.61 bits per heavy atom. The summed E-state index contributed by atoms with van der Waals surface area (Å²) in [6, 6.07) is 0. The zero-order chi connectivity index (χ0) is 14.2. The number of aryl methyl sites for hydroxylation is 2. The van der Waals surface area contributed by atoms with Crippen LogP contribution < -0.4 is 4.57 Å². The van der Waals surface area contributed by atoms with Crippen molar-refractivity contribution in [3.05, 3.63) is 18.2 Å². The standard InChI is InChI=1S/C7H13N2.C4BN4/c1-4-9-6-5-8(3)7(9)2;6-1-5(2-7,3-8)4-9/h5-6H,4H2,1-3H3;/q+1;-1. The van der Waals surface area contributed by atoms with Gasteiger partial charge in [0.05, 0.1) is 13.6 Å². The van der Waals surface area contributed by atoms with Gasteiger partial charge in [-0.25, -0.2) is 30.2 Å². The fraction of sp³-hybridized carbons (Fsp3) is 0.364. The number of imidazole rings is 1. The molecule has 7 heteroatoms. The summed E-state index contributed by atoms with van der Waals surface area (Å²) in [4.78, 5) is 0. The van der Waals surface area contributed by atoms with E-state index in [1.54, 1.807) is 0 Å². The third-order valence-corrected chi connectivity index (χ3v) is 2.51. The fourth-order valence-electron chi connectivity index (χ4n) is 1.11. The van der Waals surface area contributed by atoms with Crippen molar-refractivity contribution in [3.63, 3.8) is 0 Å². The van der Waals surface area contributed by atoms with Crippen LogP contribution in [0.25, 0.3) is 0 Å². The van der Waals surface area contributed by atoms with Crippen LogP contribution in [0.1, 0.15) is 12.7 Å². The summed E-state index contributed by atoms with van der Waals surface area (Å²) in [5, 5.41) is 32.3. The van der Waals surface area contributed by atoms with E-state index in [-0.39, 0.29) is 0 Å². The topological polar surface area (TPSA) is 104 Å². The molecule has 0 radical (unpaired) electrons. The van der Waals surface area contributed by atoms with E-state index in [0.717, 1.165) is 6.54 Å². The molecule has 0 N–H and O–H groups in total. The monoisotopic (exact) mass is 240 g/mol. The molecule has 0 fully saturated rings. The summed E-state index contributed by atoms with van der Waals surface area (Å²) in [7, 11) is 2.06. The Bertz CT molecular complexity index is 513. The molecule has 0 aliphatic heterocycles. The van der Waals surface area contributed by atoms with Gasteiger partial charge in [-0.1, -0.05) is 0 Å². The molecule has 0 unspecified atom stereocenters. The van der Waals surface area contributed by atoms with Crippen LogP contribution in [0, 0.1) is 51.8 Å². The minimum atomic E-state index is -2.72. The van der Waals surface area contributed by atoms with Gasteiger partial charge in [-0.15, -0.1) is 23.9 Å². The zero-order valence-corrected chi connectivity index (χ0v) is 10.6. The van der Waals surface area contributed by atoms with E-state index in [9.17, 15) is 0 Å². The van der Waals surface area contributed by atoms with Crippen molar-refractivity contribution in [1.82, 2.24) is 4.57 Å². The predicted molar refractivity (Wildman–Crippen MR) is 64.2 cm³/mol. The second kappa shape index (κ2) is 6.74. The van der Waals surface area contributed by atoms with Gasteiger partial charge in [0.15, 0.2) is 0 Å². The lowest BCUT2D eigenvalue weighted by molar-refractivity contribution is -0.677. The Labute approximate surface area is 106 Å². The van der Waals surface area contributed by atoms with E-state index >= 15 is 0 Å². The van der Waals surface area contributed by atoms with E-state index in [2.05, 4.69) is 42.4 Å². The van der Waals surface area contributed by atoms with Crippen LogP contribution in [0.5, 0.6) is 0 Å². The van der Waals surface area contributed by atoms with Crippen molar-refractivity contribution in [3.8, 4) is 23.9 Å². The van der Waals surface area contributed by atoms with E-state index < -0.39 is 6.15 Å². The molecular formula is C11H13BN6. The van der Waals surface area contributed by atoms with Crippen molar-refractivity contribution >= 4 is 6.15 Å².